The molecule has 3 nitrogen and oxygen atoms in total. The van der Waals surface area contributed by atoms with Gasteiger partial charge in [-0.1, -0.05) is 29.8 Å². The maximum atomic E-state index is 5.33. The summed E-state index contributed by atoms with van der Waals surface area (Å²) in [5.74, 6) is 0.931. The summed E-state index contributed by atoms with van der Waals surface area (Å²) in [6.45, 7) is 9.77. The second-order valence-electron chi connectivity index (χ2n) is 6.39. The third-order valence-corrected chi connectivity index (χ3v) is 4.68. The van der Waals surface area contributed by atoms with E-state index in [0.29, 0.717) is 0 Å². The lowest BCUT2D eigenvalue weighted by atomic mass is 10.1. The first kappa shape index (κ1) is 18.6. The highest BCUT2D eigenvalue weighted by molar-refractivity contribution is 5.85. The minimum absolute atomic E-state index is 0. The monoisotopic (exact) mass is 346 g/mol. The van der Waals surface area contributed by atoms with Gasteiger partial charge in [0.1, 0.15) is 5.75 Å². The number of nitrogens with zero attached hydrogens (tertiary/aromatic N) is 2. The fourth-order valence-electron chi connectivity index (χ4n) is 3.24. The number of rotatable bonds is 4. The Morgan fingerprint density at radius 2 is 1.71 bits per heavy atom. The molecule has 0 bridgehead atoms. The molecular formula is C20H27ClN2O. The van der Waals surface area contributed by atoms with Crippen LogP contribution in [0.3, 0.4) is 0 Å². The highest BCUT2D eigenvalue weighted by Gasteiger charge is 2.18. The van der Waals surface area contributed by atoms with Gasteiger partial charge in [-0.25, -0.2) is 0 Å². The van der Waals surface area contributed by atoms with Crippen molar-refractivity contribution in [3.8, 4) is 5.75 Å². The maximum absolute atomic E-state index is 5.33. The molecule has 1 heterocycles. The zero-order valence-electron chi connectivity index (χ0n) is 14.8. The third kappa shape index (κ3) is 4.43. The van der Waals surface area contributed by atoms with Crippen molar-refractivity contribution in [2.24, 2.45) is 0 Å². The van der Waals surface area contributed by atoms with Crippen LogP contribution in [0.1, 0.15) is 16.7 Å². The SMILES string of the molecule is COc1cccc(N2CCN(Cc3ccc(C)cc3C)CC2)c1.Cl. The average molecular weight is 347 g/mol. The summed E-state index contributed by atoms with van der Waals surface area (Å²) in [6, 6.07) is 15.1. The van der Waals surface area contributed by atoms with Crippen LogP contribution >= 0.6 is 12.4 Å². The Hall–Kier alpha value is -1.71. The number of ether oxygens (including phenoxy) is 1. The van der Waals surface area contributed by atoms with Crippen LogP contribution in [-0.4, -0.2) is 38.2 Å². The lowest BCUT2D eigenvalue weighted by molar-refractivity contribution is 0.249. The van der Waals surface area contributed by atoms with Crippen LogP contribution in [-0.2, 0) is 6.54 Å². The average Bonchev–Trinajstić information content (AvgIpc) is 2.58. The van der Waals surface area contributed by atoms with Crippen LogP contribution in [0.25, 0.3) is 0 Å². The van der Waals surface area contributed by atoms with E-state index in [1.165, 1.54) is 22.4 Å². The van der Waals surface area contributed by atoms with E-state index in [9.17, 15) is 0 Å². The van der Waals surface area contributed by atoms with Crippen molar-refractivity contribution in [3.05, 3.63) is 59.2 Å². The van der Waals surface area contributed by atoms with Gasteiger partial charge in [-0.05, 0) is 37.1 Å². The molecule has 1 aliphatic heterocycles. The number of aryl methyl sites for hydroxylation is 2. The van der Waals surface area contributed by atoms with Crippen LogP contribution in [0.4, 0.5) is 5.69 Å². The van der Waals surface area contributed by atoms with Gasteiger partial charge in [0.25, 0.3) is 0 Å². The molecule has 0 aliphatic carbocycles. The van der Waals surface area contributed by atoms with Gasteiger partial charge >= 0.3 is 0 Å². The molecular weight excluding hydrogens is 320 g/mol. The Kier molecular flexibility index (Phi) is 6.52. The van der Waals surface area contributed by atoms with E-state index < -0.39 is 0 Å². The van der Waals surface area contributed by atoms with Crippen molar-refractivity contribution in [3.63, 3.8) is 0 Å². The minimum atomic E-state index is 0. The highest BCUT2D eigenvalue weighted by atomic mass is 35.5. The van der Waals surface area contributed by atoms with E-state index >= 15 is 0 Å². The molecule has 0 amide bonds. The van der Waals surface area contributed by atoms with Crippen LogP contribution in [0.2, 0.25) is 0 Å². The summed E-state index contributed by atoms with van der Waals surface area (Å²) in [6.07, 6.45) is 0. The summed E-state index contributed by atoms with van der Waals surface area (Å²) in [5.41, 5.74) is 5.45. The fraction of sp³-hybridized carbons (Fsp3) is 0.400. The maximum Gasteiger partial charge on any atom is 0.120 e. The van der Waals surface area contributed by atoms with Crippen molar-refractivity contribution < 1.29 is 4.74 Å². The van der Waals surface area contributed by atoms with Crippen molar-refractivity contribution >= 4 is 18.1 Å². The molecule has 0 atom stereocenters. The third-order valence-electron chi connectivity index (χ3n) is 4.68. The molecule has 2 aromatic rings. The largest absolute Gasteiger partial charge is 0.497 e. The second kappa shape index (κ2) is 8.41. The Labute approximate surface area is 151 Å². The summed E-state index contributed by atoms with van der Waals surface area (Å²) < 4.78 is 5.33. The molecule has 1 aliphatic rings. The molecule has 2 aromatic carbocycles. The van der Waals surface area contributed by atoms with Gasteiger partial charge in [0, 0.05) is 44.5 Å². The summed E-state index contributed by atoms with van der Waals surface area (Å²) in [5, 5.41) is 0. The molecule has 1 saturated heterocycles. The van der Waals surface area contributed by atoms with Crippen molar-refractivity contribution in [1.29, 1.82) is 0 Å². The van der Waals surface area contributed by atoms with Crippen LogP contribution < -0.4 is 9.64 Å². The van der Waals surface area contributed by atoms with Gasteiger partial charge in [0.05, 0.1) is 7.11 Å². The molecule has 0 aromatic heterocycles. The predicted octanol–water partition coefficient (Wildman–Crippen LogP) is 4.06. The number of halogens is 1. The summed E-state index contributed by atoms with van der Waals surface area (Å²) >= 11 is 0. The smallest absolute Gasteiger partial charge is 0.120 e. The number of anilines is 1. The van der Waals surface area contributed by atoms with Crippen molar-refractivity contribution in [1.82, 2.24) is 4.90 Å². The molecule has 0 saturated carbocycles. The lowest BCUT2D eigenvalue weighted by Crippen LogP contribution is -2.46. The van der Waals surface area contributed by atoms with Crippen LogP contribution in [0, 0.1) is 13.8 Å². The molecule has 0 unspecified atom stereocenters. The molecule has 0 spiro atoms. The number of hydrogen-bond acceptors (Lipinski definition) is 3. The molecule has 0 radical (unpaired) electrons. The van der Waals surface area contributed by atoms with E-state index in [1.807, 2.05) is 6.07 Å². The Bertz CT molecular complexity index is 666. The second-order valence-corrected chi connectivity index (χ2v) is 6.39. The Morgan fingerprint density at radius 3 is 2.38 bits per heavy atom. The fourth-order valence-corrected chi connectivity index (χ4v) is 3.24. The molecule has 1 fully saturated rings. The van der Waals surface area contributed by atoms with Gasteiger partial charge in [-0.2, -0.15) is 0 Å². The number of methoxy groups -OCH3 is 1. The summed E-state index contributed by atoms with van der Waals surface area (Å²) in [7, 11) is 1.72. The standard InChI is InChI=1S/C20H26N2O.ClH/c1-16-7-8-18(17(2)13-16)15-21-9-11-22(12-10-21)19-5-4-6-20(14-19)23-3;/h4-8,13-14H,9-12,15H2,1-3H3;1H. The van der Waals surface area contributed by atoms with E-state index in [4.69, 9.17) is 4.74 Å². The number of benzene rings is 2. The van der Waals surface area contributed by atoms with Gasteiger partial charge in [-0.15, -0.1) is 12.4 Å². The van der Waals surface area contributed by atoms with Crippen LogP contribution in [0.15, 0.2) is 42.5 Å². The van der Waals surface area contributed by atoms with Gasteiger partial charge in [-0.3, -0.25) is 4.90 Å². The van der Waals surface area contributed by atoms with E-state index in [2.05, 4.69) is 60.0 Å². The van der Waals surface area contributed by atoms with Crippen molar-refractivity contribution in [2.45, 2.75) is 20.4 Å². The Morgan fingerprint density at radius 1 is 0.958 bits per heavy atom. The first-order valence-electron chi connectivity index (χ1n) is 8.33. The molecule has 4 heteroatoms. The Balaban J connectivity index is 0.00000208. The first-order chi connectivity index (χ1) is 11.2. The highest BCUT2D eigenvalue weighted by Crippen LogP contribution is 2.23. The lowest BCUT2D eigenvalue weighted by Gasteiger charge is -2.36. The molecule has 3 rings (SSSR count). The number of piperazine rings is 1. The number of hydrogen-bond donors (Lipinski definition) is 0. The molecule has 24 heavy (non-hydrogen) atoms. The van der Waals surface area contributed by atoms with E-state index in [0.717, 1.165) is 38.5 Å². The quantitative estimate of drug-likeness (QED) is 0.830. The van der Waals surface area contributed by atoms with Crippen LogP contribution in [0.5, 0.6) is 5.75 Å². The topological polar surface area (TPSA) is 15.7 Å². The first-order valence-corrected chi connectivity index (χ1v) is 8.33. The van der Waals surface area contributed by atoms with Crippen molar-refractivity contribution in [2.75, 3.05) is 38.2 Å². The zero-order chi connectivity index (χ0) is 16.2. The summed E-state index contributed by atoms with van der Waals surface area (Å²) in [4.78, 5) is 5.00. The molecule has 130 valence electrons. The van der Waals surface area contributed by atoms with Gasteiger partial charge < -0.3 is 9.64 Å². The van der Waals surface area contributed by atoms with E-state index in [1.54, 1.807) is 7.11 Å². The van der Waals surface area contributed by atoms with E-state index in [-0.39, 0.29) is 12.4 Å². The normalized spacial score (nSPS) is 15.0. The molecule has 0 N–H and O–H groups in total. The minimum Gasteiger partial charge on any atom is -0.497 e. The van der Waals surface area contributed by atoms with Gasteiger partial charge in [0.2, 0.25) is 0 Å². The predicted molar refractivity (Wildman–Crippen MR) is 104 cm³/mol. The van der Waals surface area contributed by atoms with Gasteiger partial charge in [0.15, 0.2) is 0 Å². The zero-order valence-corrected chi connectivity index (χ0v) is 15.6.